The first-order valence-corrected chi connectivity index (χ1v) is 5.35. The van der Waals surface area contributed by atoms with Crippen LogP contribution in [0, 0.1) is 5.92 Å². The van der Waals surface area contributed by atoms with Crippen LogP contribution in [-0.4, -0.2) is 18.5 Å². The maximum absolute atomic E-state index is 11.9. The minimum atomic E-state index is -0.372. The predicted octanol–water partition coefficient (Wildman–Crippen LogP) is 2.31. The van der Waals surface area contributed by atoms with Gasteiger partial charge in [0.1, 0.15) is 5.60 Å². The van der Waals surface area contributed by atoms with Crippen molar-refractivity contribution in [3.05, 3.63) is 0 Å². The standard InChI is InChI=1S/C11H18O2/c1-13-11(6-2-3-7-11)10(12)8-9-4-5-9/h9H,2-8H2,1H3. The van der Waals surface area contributed by atoms with Crippen molar-refractivity contribution in [2.24, 2.45) is 5.92 Å². The highest BCUT2D eigenvalue weighted by Crippen LogP contribution is 2.39. The van der Waals surface area contributed by atoms with Crippen molar-refractivity contribution in [3.63, 3.8) is 0 Å². The molecule has 2 fully saturated rings. The highest BCUT2D eigenvalue weighted by molar-refractivity contribution is 5.88. The minimum Gasteiger partial charge on any atom is -0.370 e. The van der Waals surface area contributed by atoms with Crippen LogP contribution in [0.2, 0.25) is 0 Å². The number of ether oxygens (including phenoxy) is 1. The molecule has 0 aromatic carbocycles. The molecule has 2 saturated carbocycles. The van der Waals surface area contributed by atoms with Crippen LogP contribution in [0.1, 0.15) is 44.9 Å². The second-order valence-corrected chi connectivity index (χ2v) is 4.48. The maximum atomic E-state index is 11.9. The van der Waals surface area contributed by atoms with Crippen molar-refractivity contribution in [3.8, 4) is 0 Å². The van der Waals surface area contributed by atoms with Gasteiger partial charge in [-0.1, -0.05) is 0 Å². The van der Waals surface area contributed by atoms with Crippen LogP contribution in [0.3, 0.4) is 0 Å². The van der Waals surface area contributed by atoms with Crippen LogP contribution in [0.4, 0.5) is 0 Å². The summed E-state index contributed by atoms with van der Waals surface area (Å²) in [5, 5.41) is 0. The number of rotatable bonds is 4. The molecule has 74 valence electrons. The van der Waals surface area contributed by atoms with Crippen LogP contribution in [0.15, 0.2) is 0 Å². The number of ketones is 1. The summed E-state index contributed by atoms with van der Waals surface area (Å²) in [4.78, 5) is 11.9. The molecule has 0 aromatic heterocycles. The first-order valence-electron chi connectivity index (χ1n) is 5.35. The first kappa shape index (κ1) is 9.20. The summed E-state index contributed by atoms with van der Waals surface area (Å²) in [7, 11) is 1.69. The summed E-state index contributed by atoms with van der Waals surface area (Å²) in [5.74, 6) is 1.06. The Labute approximate surface area is 79.7 Å². The highest BCUT2D eigenvalue weighted by atomic mass is 16.5. The molecule has 13 heavy (non-hydrogen) atoms. The molecule has 0 bridgehead atoms. The molecule has 0 heterocycles. The van der Waals surface area contributed by atoms with E-state index in [1.165, 1.54) is 12.8 Å². The van der Waals surface area contributed by atoms with Crippen LogP contribution < -0.4 is 0 Å². The van der Waals surface area contributed by atoms with Gasteiger partial charge in [-0.3, -0.25) is 4.79 Å². The lowest BCUT2D eigenvalue weighted by molar-refractivity contribution is -0.140. The molecule has 2 aliphatic carbocycles. The zero-order valence-corrected chi connectivity index (χ0v) is 8.34. The molecule has 0 spiro atoms. The van der Waals surface area contributed by atoms with Gasteiger partial charge in [0.05, 0.1) is 0 Å². The van der Waals surface area contributed by atoms with Gasteiger partial charge in [-0.05, 0) is 44.4 Å². The Bertz CT molecular complexity index is 200. The molecule has 2 rings (SSSR count). The molecule has 2 heteroatoms. The van der Waals surface area contributed by atoms with Gasteiger partial charge in [-0.15, -0.1) is 0 Å². The smallest absolute Gasteiger partial charge is 0.164 e. The third kappa shape index (κ3) is 1.78. The molecule has 0 aromatic rings. The highest BCUT2D eigenvalue weighted by Gasteiger charge is 2.42. The second kappa shape index (κ2) is 3.41. The summed E-state index contributed by atoms with van der Waals surface area (Å²) in [5.41, 5.74) is -0.372. The second-order valence-electron chi connectivity index (χ2n) is 4.48. The van der Waals surface area contributed by atoms with E-state index in [1.807, 2.05) is 0 Å². The average Bonchev–Trinajstić information content (AvgIpc) is 2.83. The summed E-state index contributed by atoms with van der Waals surface area (Å²) < 4.78 is 5.44. The summed E-state index contributed by atoms with van der Waals surface area (Å²) >= 11 is 0. The SMILES string of the molecule is COC1(C(=O)CC2CC2)CCCC1. The van der Waals surface area contributed by atoms with Crippen molar-refractivity contribution in [2.45, 2.75) is 50.5 Å². The normalized spacial score (nSPS) is 26.2. The van der Waals surface area contributed by atoms with Crippen molar-refractivity contribution < 1.29 is 9.53 Å². The number of methoxy groups -OCH3 is 1. The van der Waals surface area contributed by atoms with Crippen LogP contribution in [0.25, 0.3) is 0 Å². The fourth-order valence-corrected chi connectivity index (χ4v) is 2.31. The third-order valence-corrected chi connectivity index (χ3v) is 3.48. The van der Waals surface area contributed by atoms with Crippen molar-refractivity contribution >= 4 is 5.78 Å². The van der Waals surface area contributed by atoms with E-state index in [1.54, 1.807) is 7.11 Å². The van der Waals surface area contributed by atoms with E-state index >= 15 is 0 Å². The quantitative estimate of drug-likeness (QED) is 0.667. The molecule has 0 saturated heterocycles. The summed E-state index contributed by atoms with van der Waals surface area (Å²) in [6, 6.07) is 0. The van der Waals surface area contributed by atoms with Gasteiger partial charge in [-0.2, -0.15) is 0 Å². The number of carbonyl (C=O) groups is 1. The maximum Gasteiger partial charge on any atom is 0.164 e. The fourth-order valence-electron chi connectivity index (χ4n) is 2.31. The molecule has 0 unspecified atom stereocenters. The molecule has 0 amide bonds. The van der Waals surface area contributed by atoms with Crippen LogP contribution in [0.5, 0.6) is 0 Å². The van der Waals surface area contributed by atoms with Crippen LogP contribution in [-0.2, 0) is 9.53 Å². The van der Waals surface area contributed by atoms with Gasteiger partial charge >= 0.3 is 0 Å². The molecule has 2 aliphatic rings. The Kier molecular flexibility index (Phi) is 2.41. The molecule has 0 radical (unpaired) electrons. The Morgan fingerprint density at radius 3 is 2.46 bits per heavy atom. The molecule has 0 N–H and O–H groups in total. The van der Waals surface area contributed by atoms with E-state index in [-0.39, 0.29) is 5.60 Å². The largest absolute Gasteiger partial charge is 0.370 e. The number of Topliss-reactive ketones (excluding diaryl/α,β-unsaturated/α-hetero) is 1. The first-order chi connectivity index (χ1) is 6.27. The molecule has 2 nitrogen and oxygen atoms in total. The van der Waals surface area contributed by atoms with Crippen molar-refractivity contribution in [2.75, 3.05) is 7.11 Å². The van der Waals surface area contributed by atoms with Crippen molar-refractivity contribution in [1.82, 2.24) is 0 Å². The van der Waals surface area contributed by atoms with E-state index in [4.69, 9.17) is 4.74 Å². The number of carbonyl (C=O) groups excluding carboxylic acids is 1. The Morgan fingerprint density at radius 2 is 2.00 bits per heavy atom. The average molecular weight is 182 g/mol. The zero-order valence-electron chi connectivity index (χ0n) is 8.34. The van der Waals surface area contributed by atoms with Gasteiger partial charge in [0.15, 0.2) is 5.78 Å². The summed E-state index contributed by atoms with van der Waals surface area (Å²) in [6.45, 7) is 0. The van der Waals surface area contributed by atoms with E-state index in [0.717, 1.165) is 32.1 Å². The molecule has 0 atom stereocenters. The Morgan fingerprint density at radius 1 is 1.38 bits per heavy atom. The lowest BCUT2D eigenvalue weighted by Crippen LogP contribution is -2.37. The van der Waals surface area contributed by atoms with E-state index in [0.29, 0.717) is 11.7 Å². The Hall–Kier alpha value is -0.370. The lowest BCUT2D eigenvalue weighted by Gasteiger charge is -2.25. The minimum absolute atomic E-state index is 0.370. The fraction of sp³-hybridized carbons (Fsp3) is 0.909. The van der Waals surface area contributed by atoms with Gasteiger partial charge in [0, 0.05) is 13.5 Å². The van der Waals surface area contributed by atoms with E-state index in [9.17, 15) is 4.79 Å². The monoisotopic (exact) mass is 182 g/mol. The van der Waals surface area contributed by atoms with Gasteiger partial charge < -0.3 is 4.74 Å². The van der Waals surface area contributed by atoms with E-state index < -0.39 is 0 Å². The molecular weight excluding hydrogens is 164 g/mol. The predicted molar refractivity (Wildman–Crippen MR) is 50.6 cm³/mol. The topological polar surface area (TPSA) is 26.3 Å². The molecule has 0 aliphatic heterocycles. The Balaban J connectivity index is 1.96. The van der Waals surface area contributed by atoms with Gasteiger partial charge in [0.25, 0.3) is 0 Å². The van der Waals surface area contributed by atoms with Gasteiger partial charge in [-0.25, -0.2) is 0 Å². The van der Waals surface area contributed by atoms with E-state index in [2.05, 4.69) is 0 Å². The summed E-state index contributed by atoms with van der Waals surface area (Å²) in [6.07, 6.45) is 7.50. The zero-order chi connectivity index (χ0) is 9.31. The third-order valence-electron chi connectivity index (χ3n) is 3.48. The van der Waals surface area contributed by atoms with Gasteiger partial charge in [0.2, 0.25) is 0 Å². The lowest BCUT2D eigenvalue weighted by atomic mass is 9.92. The number of hydrogen-bond donors (Lipinski definition) is 0. The van der Waals surface area contributed by atoms with Crippen LogP contribution >= 0.6 is 0 Å². The molecular formula is C11H18O2. The number of hydrogen-bond acceptors (Lipinski definition) is 2. The van der Waals surface area contributed by atoms with Crippen molar-refractivity contribution in [1.29, 1.82) is 0 Å².